The van der Waals surface area contributed by atoms with Crippen molar-refractivity contribution in [3.8, 4) is 0 Å². The maximum Gasteiger partial charge on any atom is 0.224 e. The SMILES string of the molecule is NC(=O)C1CCC(n2c(Nc3c(F)cc(Cl)cc3Cl)nc3cnc(NC4CCC[C@H](O)C4)nc32)CC1. The molecule has 2 saturated carbocycles. The summed E-state index contributed by atoms with van der Waals surface area (Å²) in [6, 6.07) is 2.68. The molecule has 1 aromatic carbocycles. The van der Waals surface area contributed by atoms with Gasteiger partial charge in [-0.15, -0.1) is 0 Å². The van der Waals surface area contributed by atoms with Crippen molar-refractivity contribution in [1.82, 2.24) is 19.5 Å². The van der Waals surface area contributed by atoms with E-state index in [0.717, 1.165) is 19.3 Å². The van der Waals surface area contributed by atoms with Crippen molar-refractivity contribution in [2.24, 2.45) is 11.7 Å². The Morgan fingerprint density at radius 3 is 2.61 bits per heavy atom. The first-order chi connectivity index (χ1) is 17.3. The Morgan fingerprint density at radius 1 is 1.14 bits per heavy atom. The van der Waals surface area contributed by atoms with Crippen LogP contribution in [0.25, 0.3) is 11.2 Å². The van der Waals surface area contributed by atoms with Gasteiger partial charge in [-0.05, 0) is 63.5 Å². The molecule has 0 aliphatic heterocycles. The van der Waals surface area contributed by atoms with Gasteiger partial charge >= 0.3 is 0 Å². The third-order valence-corrected chi connectivity index (χ3v) is 7.64. The van der Waals surface area contributed by atoms with Gasteiger partial charge in [-0.25, -0.2) is 14.4 Å². The Morgan fingerprint density at radius 2 is 1.92 bits per heavy atom. The fourth-order valence-electron chi connectivity index (χ4n) is 5.26. The second-order valence-electron chi connectivity index (χ2n) is 9.65. The number of hydrogen-bond acceptors (Lipinski definition) is 7. The molecular weight excluding hydrogens is 508 g/mol. The number of imidazole rings is 1. The zero-order chi connectivity index (χ0) is 25.4. The van der Waals surface area contributed by atoms with Gasteiger partial charge in [-0.1, -0.05) is 23.2 Å². The lowest BCUT2D eigenvalue weighted by atomic mass is 9.85. The largest absolute Gasteiger partial charge is 0.393 e. The molecule has 192 valence electrons. The van der Waals surface area contributed by atoms with Crippen LogP contribution in [-0.2, 0) is 4.79 Å². The minimum atomic E-state index is -0.604. The number of benzene rings is 1. The van der Waals surface area contributed by atoms with Crippen LogP contribution in [0, 0.1) is 11.7 Å². The number of hydrogen-bond donors (Lipinski definition) is 4. The highest BCUT2D eigenvalue weighted by Crippen LogP contribution is 2.38. The van der Waals surface area contributed by atoms with E-state index < -0.39 is 5.82 Å². The molecule has 12 heteroatoms. The molecule has 5 N–H and O–H groups in total. The smallest absolute Gasteiger partial charge is 0.224 e. The molecule has 0 radical (unpaired) electrons. The molecule has 2 heterocycles. The second kappa shape index (κ2) is 10.4. The summed E-state index contributed by atoms with van der Waals surface area (Å²) in [7, 11) is 0. The lowest BCUT2D eigenvalue weighted by Gasteiger charge is -2.29. The van der Waals surface area contributed by atoms with E-state index >= 15 is 0 Å². The number of halogens is 3. The molecule has 2 aliphatic carbocycles. The third-order valence-electron chi connectivity index (χ3n) is 7.12. The number of carbonyl (C=O) groups excluding carboxylic acids is 1. The Bertz CT molecular complexity index is 1260. The second-order valence-corrected chi connectivity index (χ2v) is 10.5. The highest BCUT2D eigenvalue weighted by Gasteiger charge is 2.30. The fourth-order valence-corrected chi connectivity index (χ4v) is 5.78. The van der Waals surface area contributed by atoms with Crippen molar-refractivity contribution in [2.75, 3.05) is 10.6 Å². The van der Waals surface area contributed by atoms with Crippen LogP contribution in [0.5, 0.6) is 0 Å². The molecule has 3 aromatic rings. The van der Waals surface area contributed by atoms with Crippen molar-refractivity contribution in [2.45, 2.75) is 69.6 Å². The molecule has 2 atom stereocenters. The first-order valence-electron chi connectivity index (χ1n) is 12.2. The van der Waals surface area contributed by atoms with Crippen LogP contribution < -0.4 is 16.4 Å². The molecule has 0 bridgehead atoms. The summed E-state index contributed by atoms with van der Waals surface area (Å²) in [5, 5.41) is 16.7. The number of anilines is 3. The normalized spacial score (nSPS) is 24.6. The van der Waals surface area contributed by atoms with Crippen LogP contribution in [0.1, 0.15) is 57.4 Å². The van der Waals surface area contributed by atoms with Gasteiger partial charge in [-0.3, -0.25) is 9.36 Å². The summed E-state index contributed by atoms with van der Waals surface area (Å²) in [4.78, 5) is 25.5. The van der Waals surface area contributed by atoms with Gasteiger partial charge in [0.2, 0.25) is 17.8 Å². The Balaban J connectivity index is 1.51. The topological polar surface area (TPSA) is 131 Å². The molecule has 2 aliphatic rings. The number of aromatic nitrogens is 4. The molecule has 0 saturated heterocycles. The summed E-state index contributed by atoms with van der Waals surface area (Å²) in [6.45, 7) is 0. The molecule has 2 fully saturated rings. The number of fused-ring (bicyclic) bond motifs is 1. The van der Waals surface area contributed by atoms with E-state index in [4.69, 9.17) is 33.9 Å². The number of rotatable bonds is 6. The van der Waals surface area contributed by atoms with Crippen LogP contribution in [0.15, 0.2) is 18.3 Å². The molecule has 1 amide bonds. The molecule has 36 heavy (non-hydrogen) atoms. The molecule has 1 unspecified atom stereocenters. The number of nitrogens with zero attached hydrogens (tertiary/aromatic N) is 4. The fraction of sp³-hybridized carbons (Fsp3) is 0.500. The predicted molar refractivity (Wildman–Crippen MR) is 137 cm³/mol. The van der Waals surface area contributed by atoms with E-state index in [2.05, 4.69) is 20.6 Å². The van der Waals surface area contributed by atoms with Gasteiger partial charge in [0.15, 0.2) is 5.65 Å². The minimum absolute atomic E-state index is 0.0403. The van der Waals surface area contributed by atoms with E-state index in [9.17, 15) is 14.3 Å². The number of carbonyl (C=O) groups is 1. The van der Waals surface area contributed by atoms with E-state index in [1.54, 1.807) is 6.20 Å². The molecule has 9 nitrogen and oxygen atoms in total. The monoisotopic (exact) mass is 535 g/mol. The summed E-state index contributed by atoms with van der Waals surface area (Å²) in [5.41, 5.74) is 6.71. The summed E-state index contributed by atoms with van der Waals surface area (Å²) in [5.74, 6) is -0.250. The number of amides is 1. The number of nitrogens with one attached hydrogen (secondary N) is 2. The van der Waals surface area contributed by atoms with E-state index in [0.29, 0.717) is 55.2 Å². The van der Waals surface area contributed by atoms with Crippen LogP contribution in [0.3, 0.4) is 0 Å². The average Bonchev–Trinajstić information content (AvgIpc) is 3.18. The summed E-state index contributed by atoms with van der Waals surface area (Å²) >= 11 is 12.2. The van der Waals surface area contributed by atoms with E-state index in [1.807, 2.05) is 4.57 Å². The van der Waals surface area contributed by atoms with Gasteiger partial charge in [0, 0.05) is 23.0 Å². The van der Waals surface area contributed by atoms with Crippen molar-refractivity contribution >= 4 is 57.9 Å². The molecule has 2 aromatic heterocycles. The Kier molecular flexibility index (Phi) is 7.18. The summed E-state index contributed by atoms with van der Waals surface area (Å²) < 4.78 is 16.7. The summed E-state index contributed by atoms with van der Waals surface area (Å²) in [6.07, 6.45) is 7.26. The van der Waals surface area contributed by atoms with E-state index in [1.165, 1.54) is 12.1 Å². The lowest BCUT2D eigenvalue weighted by Crippen LogP contribution is -2.30. The van der Waals surface area contributed by atoms with Gasteiger partial charge in [0.1, 0.15) is 11.3 Å². The van der Waals surface area contributed by atoms with Crippen molar-refractivity contribution in [3.05, 3.63) is 34.2 Å². The molecule has 0 spiro atoms. The van der Waals surface area contributed by atoms with Crippen molar-refractivity contribution in [1.29, 1.82) is 0 Å². The Labute approximate surface area is 217 Å². The van der Waals surface area contributed by atoms with Gasteiger partial charge < -0.3 is 21.5 Å². The van der Waals surface area contributed by atoms with Crippen molar-refractivity contribution < 1.29 is 14.3 Å². The highest BCUT2D eigenvalue weighted by atomic mass is 35.5. The van der Waals surface area contributed by atoms with Gasteiger partial charge in [0.25, 0.3) is 0 Å². The molecule has 5 rings (SSSR count). The molecular formula is C24H28Cl2FN7O2. The van der Waals surface area contributed by atoms with E-state index in [-0.39, 0.29) is 45.7 Å². The third kappa shape index (κ3) is 5.21. The average molecular weight is 536 g/mol. The number of aliphatic hydroxyl groups is 1. The number of primary amides is 1. The standard InChI is InChI=1S/C24H28Cl2FN7O2/c25-13-8-17(26)20(18(27)9-13)32-24-31-19-11-29-23(30-14-2-1-3-16(35)10-14)33-22(19)34(24)15-6-4-12(5-7-15)21(28)36/h8-9,11-12,14-16,35H,1-7,10H2,(H2,28,36)(H,31,32)(H,29,30,33)/t12?,14?,15?,16-/m0/s1. The van der Waals surface area contributed by atoms with Crippen LogP contribution >= 0.6 is 23.2 Å². The van der Waals surface area contributed by atoms with Crippen LogP contribution in [0.2, 0.25) is 10.0 Å². The first-order valence-corrected chi connectivity index (χ1v) is 12.9. The predicted octanol–water partition coefficient (Wildman–Crippen LogP) is 4.95. The van der Waals surface area contributed by atoms with Crippen molar-refractivity contribution in [3.63, 3.8) is 0 Å². The number of aliphatic hydroxyl groups excluding tert-OH is 1. The highest BCUT2D eigenvalue weighted by molar-refractivity contribution is 6.36. The maximum atomic E-state index is 14.7. The van der Waals surface area contributed by atoms with Crippen LogP contribution in [-0.4, -0.2) is 42.7 Å². The van der Waals surface area contributed by atoms with Gasteiger partial charge in [-0.2, -0.15) is 4.98 Å². The quantitative estimate of drug-likeness (QED) is 0.351. The zero-order valence-electron chi connectivity index (χ0n) is 19.6. The zero-order valence-corrected chi connectivity index (χ0v) is 21.1. The van der Waals surface area contributed by atoms with Gasteiger partial charge in [0.05, 0.1) is 23.0 Å². The van der Waals surface area contributed by atoms with Crippen LogP contribution in [0.4, 0.5) is 22.0 Å². The maximum absolute atomic E-state index is 14.7. The number of nitrogens with two attached hydrogens (primary N) is 1. The minimum Gasteiger partial charge on any atom is -0.393 e. The Hall–Kier alpha value is -2.69. The lowest BCUT2D eigenvalue weighted by molar-refractivity contribution is -0.122. The first kappa shape index (κ1) is 25.0.